The number of nitrogens with zero attached hydrogens (tertiary/aromatic N) is 2. The molecule has 100 valence electrons. The molecular weight excluding hydrogens is 309 g/mol. The molecule has 2 rings (SSSR count). The molecule has 9 heteroatoms. The SMILES string of the molecule is Cc1n[nH]c(=S)n1NC(=O)Nc1ccc(Cl)c(Cl)c1. The summed E-state index contributed by atoms with van der Waals surface area (Å²) in [5.41, 5.74) is 3.05. The molecule has 0 fully saturated rings. The lowest BCUT2D eigenvalue weighted by molar-refractivity contribution is 0.259. The first-order valence-electron chi connectivity index (χ1n) is 5.14. The van der Waals surface area contributed by atoms with Gasteiger partial charge in [0.05, 0.1) is 10.0 Å². The minimum atomic E-state index is -0.473. The first-order chi connectivity index (χ1) is 8.97. The van der Waals surface area contributed by atoms with Crippen LogP contribution in [0.4, 0.5) is 10.5 Å². The summed E-state index contributed by atoms with van der Waals surface area (Å²) in [5, 5.41) is 9.80. The fourth-order valence-corrected chi connectivity index (χ4v) is 1.86. The third-order valence-electron chi connectivity index (χ3n) is 2.23. The monoisotopic (exact) mass is 317 g/mol. The molecule has 0 unspecified atom stereocenters. The van der Waals surface area contributed by atoms with Crippen LogP contribution in [-0.2, 0) is 0 Å². The van der Waals surface area contributed by atoms with Gasteiger partial charge in [0.15, 0.2) is 0 Å². The van der Waals surface area contributed by atoms with Crippen LogP contribution < -0.4 is 10.7 Å². The lowest BCUT2D eigenvalue weighted by Gasteiger charge is -2.09. The molecule has 0 spiro atoms. The van der Waals surface area contributed by atoms with Crippen molar-refractivity contribution in [3.05, 3.63) is 38.8 Å². The van der Waals surface area contributed by atoms with Gasteiger partial charge in [0.1, 0.15) is 5.82 Å². The van der Waals surface area contributed by atoms with E-state index in [1.165, 1.54) is 4.68 Å². The number of amides is 2. The van der Waals surface area contributed by atoms with Crippen LogP contribution in [0.1, 0.15) is 5.82 Å². The number of rotatable bonds is 2. The van der Waals surface area contributed by atoms with Gasteiger partial charge in [0, 0.05) is 5.69 Å². The van der Waals surface area contributed by atoms with Gasteiger partial charge < -0.3 is 5.32 Å². The van der Waals surface area contributed by atoms with Crippen molar-refractivity contribution < 1.29 is 4.79 Å². The van der Waals surface area contributed by atoms with Gasteiger partial charge in [0.2, 0.25) is 4.77 Å². The van der Waals surface area contributed by atoms with Gasteiger partial charge in [-0.05, 0) is 37.3 Å². The van der Waals surface area contributed by atoms with Gasteiger partial charge in [-0.3, -0.25) is 5.10 Å². The molecule has 0 saturated heterocycles. The summed E-state index contributed by atoms with van der Waals surface area (Å²) in [4.78, 5) is 11.8. The van der Waals surface area contributed by atoms with Crippen LogP contribution in [0.2, 0.25) is 10.0 Å². The Morgan fingerprint density at radius 3 is 2.74 bits per heavy atom. The molecule has 0 bridgehead atoms. The fourth-order valence-electron chi connectivity index (χ4n) is 1.34. The number of hydrogen-bond acceptors (Lipinski definition) is 3. The summed E-state index contributed by atoms with van der Waals surface area (Å²) in [5.74, 6) is 0.536. The van der Waals surface area contributed by atoms with Crippen molar-refractivity contribution in [1.82, 2.24) is 14.9 Å². The Morgan fingerprint density at radius 1 is 1.42 bits per heavy atom. The van der Waals surface area contributed by atoms with Crippen molar-refractivity contribution in [2.45, 2.75) is 6.92 Å². The molecule has 0 aliphatic heterocycles. The van der Waals surface area contributed by atoms with E-state index < -0.39 is 6.03 Å². The predicted octanol–water partition coefficient (Wildman–Crippen LogP) is 3.33. The average Bonchev–Trinajstić information content (AvgIpc) is 2.66. The third kappa shape index (κ3) is 3.25. The Labute approximate surface area is 123 Å². The van der Waals surface area contributed by atoms with Crippen LogP contribution in [0, 0.1) is 11.7 Å². The number of benzene rings is 1. The second-order valence-electron chi connectivity index (χ2n) is 3.61. The van der Waals surface area contributed by atoms with Crippen molar-refractivity contribution in [3.8, 4) is 0 Å². The second-order valence-corrected chi connectivity index (χ2v) is 4.81. The molecule has 1 aromatic heterocycles. The van der Waals surface area contributed by atoms with E-state index >= 15 is 0 Å². The number of anilines is 1. The van der Waals surface area contributed by atoms with E-state index in [0.29, 0.717) is 26.3 Å². The zero-order valence-corrected chi connectivity index (χ0v) is 12.0. The molecule has 1 heterocycles. The number of carbonyl (C=O) groups excluding carboxylic acids is 1. The maximum atomic E-state index is 11.8. The number of hydrogen-bond donors (Lipinski definition) is 3. The first-order valence-corrected chi connectivity index (χ1v) is 6.31. The van der Waals surface area contributed by atoms with Crippen molar-refractivity contribution in [1.29, 1.82) is 0 Å². The summed E-state index contributed by atoms with van der Waals surface area (Å²) in [7, 11) is 0. The fraction of sp³-hybridized carbons (Fsp3) is 0.100. The number of aryl methyl sites for hydroxylation is 1. The highest BCUT2D eigenvalue weighted by Crippen LogP contribution is 2.24. The van der Waals surface area contributed by atoms with Crippen LogP contribution in [0.5, 0.6) is 0 Å². The number of aromatic amines is 1. The van der Waals surface area contributed by atoms with Gasteiger partial charge in [0.25, 0.3) is 0 Å². The van der Waals surface area contributed by atoms with E-state index in [1.807, 2.05) is 0 Å². The van der Waals surface area contributed by atoms with Gasteiger partial charge in [-0.25, -0.2) is 14.9 Å². The van der Waals surface area contributed by atoms with Crippen molar-refractivity contribution in [2.24, 2.45) is 0 Å². The maximum Gasteiger partial charge on any atom is 0.338 e. The molecule has 0 radical (unpaired) electrons. The molecule has 6 nitrogen and oxygen atoms in total. The van der Waals surface area contributed by atoms with E-state index in [4.69, 9.17) is 35.4 Å². The average molecular weight is 318 g/mol. The number of nitrogens with one attached hydrogen (secondary N) is 3. The normalized spacial score (nSPS) is 10.3. The number of halogens is 2. The Kier molecular flexibility index (Phi) is 4.08. The number of carbonyl (C=O) groups is 1. The molecule has 2 aromatic rings. The van der Waals surface area contributed by atoms with E-state index in [9.17, 15) is 4.79 Å². The Bertz CT molecular complexity index is 681. The zero-order chi connectivity index (χ0) is 14.0. The molecule has 1 aromatic carbocycles. The lowest BCUT2D eigenvalue weighted by atomic mass is 10.3. The highest BCUT2D eigenvalue weighted by molar-refractivity contribution is 7.71. The summed E-state index contributed by atoms with van der Waals surface area (Å²) >= 11 is 16.6. The van der Waals surface area contributed by atoms with Gasteiger partial charge in [-0.15, -0.1) is 0 Å². The van der Waals surface area contributed by atoms with Gasteiger partial charge >= 0.3 is 6.03 Å². The molecular formula is C10H9Cl2N5OS. The van der Waals surface area contributed by atoms with Crippen molar-refractivity contribution in [2.75, 3.05) is 10.7 Å². The van der Waals surface area contributed by atoms with E-state index in [2.05, 4.69) is 20.9 Å². The molecule has 2 amide bonds. The van der Waals surface area contributed by atoms with Crippen LogP contribution in [0.15, 0.2) is 18.2 Å². The predicted molar refractivity (Wildman–Crippen MR) is 77.0 cm³/mol. The molecule has 3 N–H and O–H groups in total. The van der Waals surface area contributed by atoms with E-state index in [-0.39, 0.29) is 0 Å². The van der Waals surface area contributed by atoms with Crippen LogP contribution in [0.3, 0.4) is 0 Å². The number of H-pyrrole nitrogens is 1. The topological polar surface area (TPSA) is 74.7 Å². The van der Waals surface area contributed by atoms with Crippen molar-refractivity contribution in [3.63, 3.8) is 0 Å². The Morgan fingerprint density at radius 2 is 2.16 bits per heavy atom. The Balaban J connectivity index is 2.09. The van der Waals surface area contributed by atoms with Crippen LogP contribution >= 0.6 is 35.4 Å². The highest BCUT2D eigenvalue weighted by atomic mass is 35.5. The summed E-state index contributed by atoms with van der Waals surface area (Å²) in [6.07, 6.45) is 0. The van der Waals surface area contributed by atoms with Crippen molar-refractivity contribution >= 4 is 47.1 Å². The Hall–Kier alpha value is -1.57. The first kappa shape index (κ1) is 13.9. The molecule has 0 saturated carbocycles. The molecule has 0 aliphatic rings. The number of urea groups is 1. The summed E-state index contributed by atoms with van der Waals surface area (Å²) in [6.45, 7) is 1.70. The van der Waals surface area contributed by atoms with E-state index in [0.717, 1.165) is 0 Å². The van der Waals surface area contributed by atoms with Gasteiger partial charge in [-0.1, -0.05) is 23.2 Å². The zero-order valence-electron chi connectivity index (χ0n) is 9.70. The molecule has 19 heavy (non-hydrogen) atoms. The minimum absolute atomic E-state index is 0.293. The minimum Gasteiger partial charge on any atom is -0.307 e. The van der Waals surface area contributed by atoms with E-state index in [1.54, 1.807) is 25.1 Å². The quantitative estimate of drug-likeness (QED) is 0.744. The van der Waals surface area contributed by atoms with Gasteiger partial charge in [-0.2, -0.15) is 5.10 Å². The summed E-state index contributed by atoms with van der Waals surface area (Å²) in [6, 6.07) is 4.30. The highest BCUT2D eigenvalue weighted by Gasteiger charge is 2.07. The lowest BCUT2D eigenvalue weighted by Crippen LogP contribution is -2.28. The molecule has 0 atom stereocenters. The molecule has 0 aliphatic carbocycles. The second kappa shape index (κ2) is 5.60. The third-order valence-corrected chi connectivity index (χ3v) is 3.24. The van der Waals surface area contributed by atoms with Crippen LogP contribution in [0.25, 0.3) is 0 Å². The van der Waals surface area contributed by atoms with Crippen LogP contribution in [-0.4, -0.2) is 20.9 Å². The number of aromatic nitrogens is 3. The largest absolute Gasteiger partial charge is 0.338 e. The summed E-state index contributed by atoms with van der Waals surface area (Å²) < 4.78 is 1.64. The smallest absolute Gasteiger partial charge is 0.307 e. The maximum absolute atomic E-state index is 11.8. The standard InChI is InChI=1S/C10H9Cl2N5OS/c1-5-14-15-10(19)17(5)16-9(18)13-6-2-3-7(11)8(12)4-6/h2-4H,1H3,(H,15,19)(H2,13,16,18).